The van der Waals surface area contributed by atoms with E-state index in [1.54, 1.807) is 17.0 Å². The van der Waals surface area contributed by atoms with Gasteiger partial charge in [-0.2, -0.15) is 0 Å². The number of halogens is 1. The first-order chi connectivity index (χ1) is 11.7. The second-order valence-corrected chi connectivity index (χ2v) is 6.32. The molecule has 1 aliphatic heterocycles. The third-order valence-corrected chi connectivity index (χ3v) is 4.66. The lowest BCUT2D eigenvalue weighted by molar-refractivity contribution is 0.251. The maximum atomic E-state index is 13.0. The number of aromatic nitrogens is 2. The highest BCUT2D eigenvalue weighted by Gasteiger charge is 2.16. The molecule has 6 heteroatoms. The van der Waals surface area contributed by atoms with E-state index >= 15 is 0 Å². The molecule has 0 aliphatic carbocycles. The number of piperazine rings is 1. The summed E-state index contributed by atoms with van der Waals surface area (Å²) in [5.41, 5.74) is 1.08. The van der Waals surface area contributed by atoms with E-state index < -0.39 is 0 Å². The first-order valence-electron chi connectivity index (χ1n) is 8.69. The van der Waals surface area contributed by atoms with Crippen LogP contribution in [0.15, 0.2) is 41.5 Å². The van der Waals surface area contributed by atoms with Gasteiger partial charge in [-0.25, -0.2) is 9.18 Å². The molecule has 0 saturated carbocycles. The quantitative estimate of drug-likeness (QED) is 0.792. The SMILES string of the molecule is O=c1[nH]ccn1CCCCCN1CCN(c2ccc(F)cc2)CC1. The Morgan fingerprint density at radius 2 is 1.67 bits per heavy atom. The van der Waals surface area contributed by atoms with Crippen molar-refractivity contribution in [1.82, 2.24) is 14.5 Å². The highest BCUT2D eigenvalue weighted by molar-refractivity contribution is 5.46. The lowest BCUT2D eigenvalue weighted by Crippen LogP contribution is -2.46. The first-order valence-corrected chi connectivity index (χ1v) is 8.69. The van der Waals surface area contributed by atoms with E-state index in [0.29, 0.717) is 0 Å². The monoisotopic (exact) mass is 332 g/mol. The number of aryl methyl sites for hydroxylation is 1. The van der Waals surface area contributed by atoms with Crippen molar-refractivity contribution in [2.24, 2.45) is 0 Å². The van der Waals surface area contributed by atoms with Crippen LogP contribution >= 0.6 is 0 Å². The number of anilines is 1. The van der Waals surface area contributed by atoms with Crippen molar-refractivity contribution in [3.8, 4) is 0 Å². The Balaban J connectivity index is 1.32. The minimum absolute atomic E-state index is 0.0214. The Morgan fingerprint density at radius 3 is 2.33 bits per heavy atom. The topological polar surface area (TPSA) is 44.3 Å². The third-order valence-electron chi connectivity index (χ3n) is 4.66. The summed E-state index contributed by atoms with van der Waals surface area (Å²) >= 11 is 0. The van der Waals surface area contributed by atoms with E-state index in [-0.39, 0.29) is 11.5 Å². The number of hydrogen-bond donors (Lipinski definition) is 1. The first kappa shape index (κ1) is 16.8. The Bertz CT molecular complexity index is 671. The lowest BCUT2D eigenvalue weighted by Gasteiger charge is -2.36. The summed E-state index contributed by atoms with van der Waals surface area (Å²) in [6.45, 7) is 5.98. The van der Waals surface area contributed by atoms with Gasteiger partial charge in [-0.1, -0.05) is 6.42 Å². The van der Waals surface area contributed by atoms with Crippen molar-refractivity contribution >= 4 is 5.69 Å². The molecule has 3 rings (SSSR count). The summed E-state index contributed by atoms with van der Waals surface area (Å²) in [4.78, 5) is 18.8. The molecule has 1 N–H and O–H groups in total. The maximum absolute atomic E-state index is 13.0. The van der Waals surface area contributed by atoms with E-state index in [2.05, 4.69) is 14.8 Å². The summed E-state index contributed by atoms with van der Waals surface area (Å²) in [7, 11) is 0. The number of rotatable bonds is 7. The van der Waals surface area contributed by atoms with Gasteiger partial charge in [0.2, 0.25) is 0 Å². The van der Waals surface area contributed by atoms with E-state index in [0.717, 1.165) is 64.2 Å². The number of hydrogen-bond acceptors (Lipinski definition) is 3. The van der Waals surface area contributed by atoms with Crippen LogP contribution in [0.3, 0.4) is 0 Å². The van der Waals surface area contributed by atoms with Gasteiger partial charge in [0.1, 0.15) is 5.82 Å². The van der Waals surface area contributed by atoms with Gasteiger partial charge in [0.15, 0.2) is 0 Å². The van der Waals surface area contributed by atoms with Gasteiger partial charge in [-0.3, -0.25) is 9.47 Å². The van der Waals surface area contributed by atoms with Crippen LogP contribution in [-0.4, -0.2) is 47.2 Å². The van der Waals surface area contributed by atoms with Gasteiger partial charge >= 0.3 is 5.69 Å². The van der Waals surface area contributed by atoms with Gasteiger partial charge in [-0.05, 0) is 43.7 Å². The molecule has 130 valence electrons. The van der Waals surface area contributed by atoms with Gasteiger partial charge in [-0.15, -0.1) is 0 Å². The number of nitrogens with zero attached hydrogens (tertiary/aromatic N) is 3. The van der Waals surface area contributed by atoms with Crippen molar-refractivity contribution in [2.45, 2.75) is 25.8 Å². The Morgan fingerprint density at radius 1 is 0.958 bits per heavy atom. The van der Waals surface area contributed by atoms with Crippen LogP contribution in [0, 0.1) is 5.82 Å². The Hall–Kier alpha value is -2.08. The smallest absolute Gasteiger partial charge is 0.325 e. The predicted octanol–water partition coefficient (Wildman–Crippen LogP) is 2.31. The average Bonchev–Trinajstić information content (AvgIpc) is 3.01. The number of H-pyrrole nitrogens is 1. The van der Waals surface area contributed by atoms with E-state index in [9.17, 15) is 9.18 Å². The van der Waals surface area contributed by atoms with Crippen molar-refractivity contribution in [3.05, 3.63) is 53.0 Å². The van der Waals surface area contributed by atoms with Crippen molar-refractivity contribution in [2.75, 3.05) is 37.6 Å². The largest absolute Gasteiger partial charge is 0.369 e. The molecular weight excluding hydrogens is 307 g/mol. The molecule has 5 nitrogen and oxygen atoms in total. The normalized spacial score (nSPS) is 15.8. The third kappa shape index (κ3) is 4.47. The molecule has 0 bridgehead atoms. The Labute approximate surface area is 141 Å². The molecule has 1 fully saturated rings. The lowest BCUT2D eigenvalue weighted by atomic mass is 10.2. The van der Waals surface area contributed by atoms with Gasteiger partial charge < -0.3 is 9.88 Å². The zero-order chi connectivity index (χ0) is 16.8. The molecule has 0 amide bonds. The molecule has 0 atom stereocenters. The molecule has 1 aliphatic rings. The van der Waals surface area contributed by atoms with Crippen molar-refractivity contribution in [3.63, 3.8) is 0 Å². The molecule has 2 aromatic rings. The number of unbranched alkanes of at least 4 members (excludes halogenated alkanes) is 2. The molecule has 1 aromatic heterocycles. The van der Waals surface area contributed by atoms with Gasteiger partial charge in [0.25, 0.3) is 0 Å². The Kier molecular flexibility index (Phi) is 5.69. The summed E-state index contributed by atoms with van der Waals surface area (Å²) in [6.07, 6.45) is 6.82. The van der Waals surface area contributed by atoms with Crippen LogP contribution in [0.5, 0.6) is 0 Å². The fourth-order valence-corrected chi connectivity index (χ4v) is 3.20. The number of benzene rings is 1. The van der Waals surface area contributed by atoms with Gasteiger partial charge in [0, 0.05) is 50.8 Å². The van der Waals surface area contributed by atoms with Crippen molar-refractivity contribution in [1.29, 1.82) is 0 Å². The van der Waals surface area contributed by atoms with E-state index in [4.69, 9.17) is 0 Å². The molecule has 1 saturated heterocycles. The van der Waals surface area contributed by atoms with E-state index in [1.807, 2.05) is 12.1 Å². The minimum atomic E-state index is -0.181. The fourth-order valence-electron chi connectivity index (χ4n) is 3.20. The van der Waals surface area contributed by atoms with Crippen LogP contribution < -0.4 is 10.6 Å². The van der Waals surface area contributed by atoms with Gasteiger partial charge in [0.05, 0.1) is 0 Å². The highest BCUT2D eigenvalue weighted by Crippen LogP contribution is 2.17. The standard InChI is InChI=1S/C18H25FN4O/c19-16-4-6-17(7-5-16)22-14-12-21(13-15-22)9-2-1-3-10-23-11-8-20-18(23)24/h4-8,11H,1-3,9-10,12-15H2,(H,20,24). The second kappa shape index (κ2) is 8.15. The highest BCUT2D eigenvalue weighted by atomic mass is 19.1. The predicted molar refractivity (Wildman–Crippen MR) is 94.0 cm³/mol. The number of aromatic amines is 1. The van der Waals surface area contributed by atoms with E-state index in [1.165, 1.54) is 12.1 Å². The molecule has 2 heterocycles. The summed E-state index contributed by atoms with van der Waals surface area (Å²) in [5, 5.41) is 0. The fraction of sp³-hybridized carbons (Fsp3) is 0.500. The summed E-state index contributed by atoms with van der Waals surface area (Å²) in [5.74, 6) is -0.181. The average molecular weight is 332 g/mol. The zero-order valence-electron chi connectivity index (χ0n) is 14.0. The number of imidazole rings is 1. The second-order valence-electron chi connectivity index (χ2n) is 6.32. The summed E-state index contributed by atoms with van der Waals surface area (Å²) < 4.78 is 14.7. The molecular formula is C18H25FN4O. The molecule has 0 unspecified atom stereocenters. The maximum Gasteiger partial charge on any atom is 0.325 e. The summed E-state index contributed by atoms with van der Waals surface area (Å²) in [6, 6.07) is 6.76. The van der Waals surface area contributed by atoms with Crippen LogP contribution in [0.1, 0.15) is 19.3 Å². The molecule has 1 aromatic carbocycles. The van der Waals surface area contributed by atoms with Crippen LogP contribution in [0.4, 0.5) is 10.1 Å². The molecule has 0 radical (unpaired) electrons. The van der Waals surface area contributed by atoms with Crippen LogP contribution in [0.25, 0.3) is 0 Å². The molecule has 0 spiro atoms. The van der Waals surface area contributed by atoms with Crippen molar-refractivity contribution < 1.29 is 4.39 Å². The number of nitrogens with one attached hydrogen (secondary N) is 1. The zero-order valence-corrected chi connectivity index (χ0v) is 14.0. The minimum Gasteiger partial charge on any atom is -0.369 e. The van der Waals surface area contributed by atoms with Crippen LogP contribution in [-0.2, 0) is 6.54 Å². The molecule has 24 heavy (non-hydrogen) atoms. The van der Waals surface area contributed by atoms with Crippen LogP contribution in [0.2, 0.25) is 0 Å².